The smallest absolute Gasteiger partial charge is 0.390 e. The topological polar surface area (TPSA) is 86.5 Å². The van der Waals surface area contributed by atoms with Crippen LogP contribution in [0.25, 0.3) is 0 Å². The molecular formula is C10H10F3NO5S. The fourth-order valence-electron chi connectivity index (χ4n) is 1.37. The van der Waals surface area contributed by atoms with Gasteiger partial charge in [0.15, 0.2) is 15.6 Å². The Morgan fingerprint density at radius 2 is 1.95 bits per heavy atom. The minimum atomic E-state index is -4.60. The Morgan fingerprint density at radius 3 is 2.40 bits per heavy atom. The van der Waals surface area contributed by atoms with Crippen LogP contribution in [-0.4, -0.2) is 32.4 Å². The second-order valence-corrected chi connectivity index (χ2v) is 5.88. The molecule has 1 rings (SSSR count). The number of ether oxygens (including phenoxy) is 1. The summed E-state index contributed by atoms with van der Waals surface area (Å²) in [5, 5.41) is 10.6. The lowest BCUT2D eigenvalue weighted by Gasteiger charge is -2.08. The molecule has 0 atom stereocenters. The minimum Gasteiger partial charge on any atom is -0.490 e. The van der Waals surface area contributed by atoms with Gasteiger partial charge in [-0.25, -0.2) is 8.42 Å². The molecule has 0 fully saturated rings. The lowest BCUT2D eigenvalue weighted by atomic mass is 10.3. The lowest BCUT2D eigenvalue weighted by Crippen LogP contribution is -2.16. The lowest BCUT2D eigenvalue weighted by molar-refractivity contribution is -0.385. The Morgan fingerprint density at radius 1 is 1.35 bits per heavy atom. The Kier molecular flexibility index (Phi) is 4.58. The molecule has 0 bridgehead atoms. The standard InChI is InChI=1S/C10H10F3NO5S/c1-19-9-6-7(2-3-8(9)14(15)16)20(17,18)5-4-10(11,12)13/h2-3,6H,4-5H2,1H3. The molecule has 0 aliphatic heterocycles. The zero-order valence-corrected chi connectivity index (χ0v) is 11.0. The highest BCUT2D eigenvalue weighted by molar-refractivity contribution is 7.91. The Hall–Kier alpha value is -1.84. The first-order chi connectivity index (χ1) is 9.07. The van der Waals surface area contributed by atoms with Crippen LogP contribution in [0.15, 0.2) is 23.1 Å². The predicted molar refractivity (Wildman–Crippen MR) is 62.4 cm³/mol. The summed E-state index contributed by atoms with van der Waals surface area (Å²) >= 11 is 0. The predicted octanol–water partition coefficient (Wildman–Crippen LogP) is 2.33. The highest BCUT2D eigenvalue weighted by Crippen LogP contribution is 2.30. The second kappa shape index (κ2) is 5.65. The van der Waals surface area contributed by atoms with Gasteiger partial charge in [0, 0.05) is 12.1 Å². The van der Waals surface area contributed by atoms with E-state index in [-0.39, 0.29) is 5.75 Å². The number of methoxy groups -OCH3 is 1. The number of sulfone groups is 1. The first-order valence-electron chi connectivity index (χ1n) is 5.19. The summed E-state index contributed by atoms with van der Waals surface area (Å²) in [5.74, 6) is -1.46. The molecule has 10 heteroatoms. The molecule has 0 spiro atoms. The number of nitro groups is 1. The maximum atomic E-state index is 12.0. The Labute approximate surface area is 112 Å². The van der Waals surface area contributed by atoms with Crippen LogP contribution in [0.3, 0.4) is 0 Å². The first kappa shape index (κ1) is 16.2. The normalized spacial score (nSPS) is 12.2. The molecular weight excluding hydrogens is 303 g/mol. The van der Waals surface area contributed by atoms with Gasteiger partial charge in [0.1, 0.15) is 0 Å². The quantitative estimate of drug-likeness (QED) is 0.615. The fraction of sp³-hybridized carbons (Fsp3) is 0.400. The average molecular weight is 313 g/mol. The van der Waals surface area contributed by atoms with E-state index in [9.17, 15) is 31.7 Å². The summed E-state index contributed by atoms with van der Waals surface area (Å²) in [6, 6.07) is 2.59. The molecule has 0 aromatic heterocycles. The van der Waals surface area contributed by atoms with Crippen molar-refractivity contribution in [3.8, 4) is 5.75 Å². The number of hydrogen-bond donors (Lipinski definition) is 0. The van der Waals surface area contributed by atoms with Crippen molar-refractivity contribution in [3.63, 3.8) is 0 Å². The fourth-order valence-corrected chi connectivity index (χ4v) is 2.67. The zero-order chi connectivity index (χ0) is 15.6. The molecule has 0 radical (unpaired) electrons. The molecule has 1 aromatic carbocycles. The van der Waals surface area contributed by atoms with Crippen LogP contribution >= 0.6 is 0 Å². The second-order valence-electron chi connectivity index (χ2n) is 3.77. The van der Waals surface area contributed by atoms with Crippen molar-refractivity contribution in [1.82, 2.24) is 0 Å². The Bertz CT molecular complexity index is 612. The van der Waals surface area contributed by atoms with Gasteiger partial charge in [0.2, 0.25) is 0 Å². The van der Waals surface area contributed by atoms with E-state index in [0.717, 1.165) is 25.3 Å². The summed E-state index contributed by atoms with van der Waals surface area (Å²) in [4.78, 5) is 9.38. The van der Waals surface area contributed by atoms with Crippen LogP contribution in [0.5, 0.6) is 5.75 Å². The van der Waals surface area contributed by atoms with Crippen molar-refractivity contribution < 1.29 is 31.2 Å². The number of hydrogen-bond acceptors (Lipinski definition) is 5. The van der Waals surface area contributed by atoms with Crippen molar-refractivity contribution in [1.29, 1.82) is 0 Å². The third-order valence-electron chi connectivity index (χ3n) is 2.36. The molecule has 1 aromatic rings. The molecule has 0 saturated carbocycles. The molecule has 0 unspecified atom stereocenters. The molecule has 0 aliphatic carbocycles. The third-order valence-corrected chi connectivity index (χ3v) is 4.08. The van der Waals surface area contributed by atoms with E-state index in [0.29, 0.717) is 0 Å². The van der Waals surface area contributed by atoms with E-state index in [2.05, 4.69) is 4.74 Å². The van der Waals surface area contributed by atoms with E-state index in [1.165, 1.54) is 0 Å². The van der Waals surface area contributed by atoms with Crippen LogP contribution in [0, 0.1) is 10.1 Å². The zero-order valence-electron chi connectivity index (χ0n) is 10.2. The van der Waals surface area contributed by atoms with Crippen molar-refractivity contribution in [2.75, 3.05) is 12.9 Å². The number of benzene rings is 1. The number of nitrogens with zero attached hydrogens (tertiary/aromatic N) is 1. The van der Waals surface area contributed by atoms with Gasteiger partial charge in [-0.2, -0.15) is 13.2 Å². The van der Waals surface area contributed by atoms with Gasteiger partial charge in [0.05, 0.1) is 29.1 Å². The van der Waals surface area contributed by atoms with Crippen molar-refractivity contribution in [2.45, 2.75) is 17.5 Å². The number of halogens is 3. The van der Waals surface area contributed by atoms with Gasteiger partial charge < -0.3 is 4.74 Å². The van der Waals surface area contributed by atoms with Crippen molar-refractivity contribution in [3.05, 3.63) is 28.3 Å². The van der Waals surface area contributed by atoms with E-state index in [1.807, 2.05) is 0 Å². The Balaban J connectivity index is 3.11. The van der Waals surface area contributed by atoms with Gasteiger partial charge in [-0.15, -0.1) is 0 Å². The number of rotatable bonds is 5. The summed E-state index contributed by atoms with van der Waals surface area (Å²) in [6.45, 7) is 0. The molecule has 0 aliphatic rings. The highest BCUT2D eigenvalue weighted by atomic mass is 32.2. The van der Waals surface area contributed by atoms with Crippen LogP contribution in [0.4, 0.5) is 18.9 Å². The van der Waals surface area contributed by atoms with Gasteiger partial charge in [-0.1, -0.05) is 0 Å². The first-order valence-corrected chi connectivity index (χ1v) is 6.84. The van der Waals surface area contributed by atoms with Crippen LogP contribution in [0.2, 0.25) is 0 Å². The number of nitro benzene ring substituents is 1. The van der Waals surface area contributed by atoms with Gasteiger partial charge >= 0.3 is 11.9 Å². The largest absolute Gasteiger partial charge is 0.490 e. The van der Waals surface area contributed by atoms with E-state index in [1.54, 1.807) is 0 Å². The molecule has 0 amide bonds. The van der Waals surface area contributed by atoms with E-state index >= 15 is 0 Å². The van der Waals surface area contributed by atoms with Crippen LogP contribution in [0.1, 0.15) is 6.42 Å². The maximum Gasteiger partial charge on any atom is 0.390 e. The van der Waals surface area contributed by atoms with Gasteiger partial charge in [-0.05, 0) is 6.07 Å². The maximum absolute atomic E-state index is 12.0. The van der Waals surface area contributed by atoms with E-state index in [4.69, 9.17) is 0 Å². The van der Waals surface area contributed by atoms with Gasteiger partial charge in [-0.3, -0.25) is 10.1 Å². The molecule has 6 nitrogen and oxygen atoms in total. The summed E-state index contributed by atoms with van der Waals surface area (Å²) < 4.78 is 64.2. The van der Waals surface area contributed by atoms with Crippen LogP contribution in [-0.2, 0) is 9.84 Å². The monoisotopic (exact) mass is 313 g/mol. The third kappa shape index (κ3) is 4.08. The van der Waals surface area contributed by atoms with E-state index < -0.39 is 43.7 Å². The minimum absolute atomic E-state index is 0.330. The van der Waals surface area contributed by atoms with Crippen molar-refractivity contribution >= 4 is 15.5 Å². The summed E-state index contributed by atoms with van der Waals surface area (Å²) in [6.07, 6.45) is -6.09. The molecule has 20 heavy (non-hydrogen) atoms. The summed E-state index contributed by atoms with van der Waals surface area (Å²) in [7, 11) is -3.10. The molecule has 0 N–H and O–H groups in total. The number of alkyl halides is 3. The average Bonchev–Trinajstić information content (AvgIpc) is 2.34. The van der Waals surface area contributed by atoms with Crippen molar-refractivity contribution in [2.24, 2.45) is 0 Å². The SMILES string of the molecule is COc1cc(S(=O)(=O)CCC(F)(F)F)ccc1[N+](=O)[O-]. The molecule has 112 valence electrons. The summed E-state index contributed by atoms with van der Waals surface area (Å²) in [5.41, 5.74) is -0.470. The molecule has 0 saturated heterocycles. The molecule has 0 heterocycles. The van der Waals surface area contributed by atoms with Crippen LogP contribution < -0.4 is 4.74 Å². The highest BCUT2D eigenvalue weighted by Gasteiger charge is 2.31. The van der Waals surface area contributed by atoms with Gasteiger partial charge in [0.25, 0.3) is 0 Å².